The molecule has 2 heterocycles. The summed E-state index contributed by atoms with van der Waals surface area (Å²) in [5.74, 6) is -3.73. The molecule has 0 spiro atoms. The average Bonchev–Trinajstić information content (AvgIpc) is 2.94. The van der Waals surface area contributed by atoms with Crippen LogP contribution >= 0.6 is 0 Å². The van der Waals surface area contributed by atoms with Crippen LogP contribution in [0.4, 0.5) is 17.6 Å². The van der Waals surface area contributed by atoms with E-state index in [9.17, 15) is 22.4 Å². The van der Waals surface area contributed by atoms with E-state index in [1.54, 1.807) is 12.4 Å². The minimum Gasteiger partial charge on any atom is -0.432 e. The van der Waals surface area contributed by atoms with Gasteiger partial charge in [-0.3, -0.25) is 4.79 Å². The molecule has 3 rings (SSSR count). The van der Waals surface area contributed by atoms with Gasteiger partial charge in [0.15, 0.2) is 11.6 Å². The number of nitrogens with zero attached hydrogens (tertiary/aromatic N) is 2. The first-order valence-electron chi connectivity index (χ1n) is 6.68. The third kappa shape index (κ3) is 2.86. The number of nitrogens with one attached hydrogen (secondary N) is 1. The van der Waals surface area contributed by atoms with E-state index in [1.807, 2.05) is 0 Å². The van der Waals surface area contributed by atoms with Crippen molar-refractivity contribution in [3.8, 4) is 5.75 Å². The monoisotopic (exact) mass is 329 g/mol. The number of carbonyl (C=O) groups excluding carboxylic acids is 1. The van der Waals surface area contributed by atoms with Crippen molar-refractivity contribution in [1.82, 2.24) is 14.9 Å². The number of hydrogen-bond acceptors (Lipinski definition) is 3. The van der Waals surface area contributed by atoms with Crippen LogP contribution in [0, 0.1) is 11.6 Å². The summed E-state index contributed by atoms with van der Waals surface area (Å²) in [5.41, 5.74) is -0.902. The van der Waals surface area contributed by atoms with E-state index in [1.165, 1.54) is 4.90 Å². The molecule has 5 nitrogen and oxygen atoms in total. The first-order valence-corrected chi connectivity index (χ1v) is 6.68. The Morgan fingerprint density at radius 3 is 2.70 bits per heavy atom. The number of aromatic amines is 1. The summed E-state index contributed by atoms with van der Waals surface area (Å²) < 4.78 is 56.2. The molecule has 0 radical (unpaired) electrons. The van der Waals surface area contributed by atoms with Gasteiger partial charge >= 0.3 is 6.61 Å². The van der Waals surface area contributed by atoms with E-state index in [-0.39, 0.29) is 19.0 Å². The number of likely N-dealkylation sites (tertiary alicyclic amines) is 1. The van der Waals surface area contributed by atoms with Crippen molar-refractivity contribution in [2.45, 2.75) is 12.5 Å². The van der Waals surface area contributed by atoms with E-state index >= 15 is 0 Å². The number of alkyl halides is 2. The van der Waals surface area contributed by atoms with Crippen LogP contribution in [0.2, 0.25) is 0 Å². The van der Waals surface area contributed by atoms with Crippen LogP contribution in [0.5, 0.6) is 5.75 Å². The molecular weight excluding hydrogens is 318 g/mol. The van der Waals surface area contributed by atoms with Gasteiger partial charge in [-0.15, -0.1) is 0 Å². The summed E-state index contributed by atoms with van der Waals surface area (Å²) in [6, 6.07) is 1.44. The molecule has 1 amide bonds. The molecule has 0 unspecified atom stereocenters. The van der Waals surface area contributed by atoms with Gasteiger partial charge in [-0.05, 0) is 12.1 Å². The van der Waals surface area contributed by atoms with E-state index in [0.29, 0.717) is 5.82 Å². The maximum absolute atomic E-state index is 14.1. The predicted molar refractivity (Wildman–Crippen MR) is 70.2 cm³/mol. The zero-order valence-electron chi connectivity index (χ0n) is 11.6. The molecule has 1 aliphatic rings. The van der Waals surface area contributed by atoms with Crippen molar-refractivity contribution in [2.24, 2.45) is 0 Å². The van der Waals surface area contributed by atoms with Crippen molar-refractivity contribution in [1.29, 1.82) is 0 Å². The normalized spacial score (nSPS) is 14.9. The van der Waals surface area contributed by atoms with E-state index in [4.69, 9.17) is 0 Å². The highest BCUT2D eigenvalue weighted by Gasteiger charge is 2.36. The first-order chi connectivity index (χ1) is 11.0. The third-order valence-corrected chi connectivity index (χ3v) is 3.56. The average molecular weight is 329 g/mol. The van der Waals surface area contributed by atoms with Gasteiger partial charge < -0.3 is 14.6 Å². The second-order valence-corrected chi connectivity index (χ2v) is 4.99. The molecular formula is C14H11F4N3O2. The molecule has 1 aliphatic heterocycles. The summed E-state index contributed by atoms with van der Waals surface area (Å²) in [5, 5.41) is 0. The predicted octanol–water partition coefficient (Wildman–Crippen LogP) is 2.53. The quantitative estimate of drug-likeness (QED) is 0.877. The Morgan fingerprint density at radius 2 is 2.09 bits per heavy atom. The molecule has 0 bridgehead atoms. The van der Waals surface area contributed by atoms with Gasteiger partial charge in [0.1, 0.15) is 17.2 Å². The number of H-pyrrole nitrogens is 1. The Kier molecular flexibility index (Phi) is 3.93. The second kappa shape index (κ2) is 5.90. The molecule has 0 atom stereocenters. The van der Waals surface area contributed by atoms with Gasteiger partial charge in [0.2, 0.25) is 0 Å². The van der Waals surface area contributed by atoms with Gasteiger partial charge in [0.05, 0.1) is 5.92 Å². The number of carbonyl (C=O) groups is 1. The van der Waals surface area contributed by atoms with Gasteiger partial charge in [0.25, 0.3) is 5.91 Å². The highest BCUT2D eigenvalue weighted by molar-refractivity contribution is 5.95. The first kappa shape index (κ1) is 15.3. The lowest BCUT2D eigenvalue weighted by Gasteiger charge is -2.38. The number of aromatic nitrogens is 2. The summed E-state index contributed by atoms with van der Waals surface area (Å²) in [6.07, 6.45) is 3.19. The fourth-order valence-electron chi connectivity index (χ4n) is 2.39. The Hall–Kier alpha value is -2.58. The summed E-state index contributed by atoms with van der Waals surface area (Å²) in [7, 11) is 0. The molecule has 1 fully saturated rings. The van der Waals surface area contributed by atoms with Crippen LogP contribution in [0.3, 0.4) is 0 Å². The van der Waals surface area contributed by atoms with Crippen molar-refractivity contribution < 1.29 is 27.1 Å². The Balaban J connectivity index is 1.78. The van der Waals surface area contributed by atoms with Crippen LogP contribution in [0.25, 0.3) is 0 Å². The maximum atomic E-state index is 14.1. The lowest BCUT2D eigenvalue weighted by Crippen LogP contribution is -2.49. The molecule has 2 aromatic rings. The van der Waals surface area contributed by atoms with E-state index < -0.39 is 35.5 Å². The number of imidazole rings is 1. The van der Waals surface area contributed by atoms with Crippen molar-refractivity contribution in [3.63, 3.8) is 0 Å². The Morgan fingerprint density at radius 1 is 1.35 bits per heavy atom. The highest BCUT2D eigenvalue weighted by atomic mass is 19.3. The fraction of sp³-hybridized carbons (Fsp3) is 0.286. The zero-order chi connectivity index (χ0) is 16.6. The molecule has 1 saturated heterocycles. The Bertz CT molecular complexity index is 715. The maximum Gasteiger partial charge on any atom is 0.387 e. The number of benzene rings is 1. The standard InChI is InChI=1S/C14H11F4N3O2/c15-8-1-2-9(23-14(17)18)11(16)10(8)13(22)21-5-7(6-21)12-19-3-4-20-12/h1-4,7,14H,5-6H2,(H,19,20). The number of rotatable bonds is 4. The van der Waals surface area contributed by atoms with Crippen LogP contribution in [-0.2, 0) is 0 Å². The molecule has 0 aliphatic carbocycles. The smallest absolute Gasteiger partial charge is 0.387 e. The minimum atomic E-state index is -3.27. The Labute approximate surface area is 127 Å². The van der Waals surface area contributed by atoms with E-state index in [0.717, 1.165) is 12.1 Å². The summed E-state index contributed by atoms with van der Waals surface area (Å²) >= 11 is 0. The number of amides is 1. The summed E-state index contributed by atoms with van der Waals surface area (Å²) in [4.78, 5) is 20.3. The lowest BCUT2D eigenvalue weighted by atomic mass is 9.98. The topological polar surface area (TPSA) is 58.2 Å². The zero-order valence-corrected chi connectivity index (χ0v) is 11.6. The van der Waals surface area contributed by atoms with Gasteiger partial charge in [0, 0.05) is 25.5 Å². The highest BCUT2D eigenvalue weighted by Crippen LogP contribution is 2.30. The number of halogens is 4. The third-order valence-electron chi connectivity index (χ3n) is 3.56. The van der Waals surface area contributed by atoms with Gasteiger partial charge in [-0.2, -0.15) is 8.78 Å². The number of ether oxygens (including phenoxy) is 1. The van der Waals surface area contributed by atoms with Gasteiger partial charge in [-0.25, -0.2) is 13.8 Å². The lowest BCUT2D eigenvalue weighted by molar-refractivity contribution is -0.0523. The van der Waals surface area contributed by atoms with Gasteiger partial charge in [-0.1, -0.05) is 0 Å². The largest absolute Gasteiger partial charge is 0.432 e. The SMILES string of the molecule is O=C(c1c(F)ccc(OC(F)F)c1F)N1CC(c2ncc[nH]2)C1. The molecule has 122 valence electrons. The van der Waals surface area contributed by atoms with Crippen molar-refractivity contribution in [3.05, 3.63) is 47.5 Å². The van der Waals surface area contributed by atoms with E-state index in [2.05, 4.69) is 14.7 Å². The second-order valence-electron chi connectivity index (χ2n) is 4.99. The molecule has 1 aromatic carbocycles. The summed E-state index contributed by atoms with van der Waals surface area (Å²) in [6.45, 7) is -2.82. The molecule has 0 saturated carbocycles. The number of hydrogen-bond donors (Lipinski definition) is 1. The van der Waals surface area contributed by atoms with Crippen LogP contribution in [0.1, 0.15) is 22.1 Å². The van der Waals surface area contributed by atoms with Crippen molar-refractivity contribution >= 4 is 5.91 Å². The molecule has 23 heavy (non-hydrogen) atoms. The molecule has 1 aromatic heterocycles. The molecule has 1 N–H and O–H groups in total. The van der Waals surface area contributed by atoms with Crippen LogP contribution in [-0.4, -0.2) is 40.5 Å². The van der Waals surface area contributed by atoms with Crippen molar-refractivity contribution in [2.75, 3.05) is 13.1 Å². The van der Waals surface area contributed by atoms with Crippen LogP contribution < -0.4 is 4.74 Å². The fourth-order valence-corrected chi connectivity index (χ4v) is 2.39. The molecule has 9 heteroatoms. The minimum absolute atomic E-state index is 0.0550. The van der Waals surface area contributed by atoms with Crippen LogP contribution in [0.15, 0.2) is 24.5 Å².